The number of cyclic esters (lactones) is 1. The van der Waals surface area contributed by atoms with E-state index in [0.29, 0.717) is 17.7 Å². The van der Waals surface area contributed by atoms with Gasteiger partial charge in [0.15, 0.2) is 11.9 Å². The molecule has 1 N–H and O–H groups in total. The SMILES string of the molecule is O=C1OC(C(=O)Nc2cccnc2N2CCSCC2)Cc2ccccc21. The molecule has 1 atom stereocenters. The molecular formula is C19H19N3O3S. The standard InChI is InChI=1S/C19H19N3O3S/c23-18(16-12-13-4-1-2-5-14(13)19(24)25-16)21-15-6-3-7-20-17(15)22-8-10-26-11-9-22/h1-7,16H,8-12H2,(H,21,23). The third-order valence-electron chi connectivity index (χ3n) is 4.54. The van der Waals surface area contributed by atoms with Crippen molar-refractivity contribution in [3.63, 3.8) is 0 Å². The lowest BCUT2D eigenvalue weighted by Gasteiger charge is -2.29. The van der Waals surface area contributed by atoms with Gasteiger partial charge in [-0.1, -0.05) is 18.2 Å². The van der Waals surface area contributed by atoms with Gasteiger partial charge in [0.1, 0.15) is 0 Å². The first-order valence-corrected chi connectivity index (χ1v) is 9.75. The number of ether oxygens (including phenoxy) is 1. The monoisotopic (exact) mass is 369 g/mol. The molecule has 7 heteroatoms. The highest BCUT2D eigenvalue weighted by Gasteiger charge is 2.31. The Morgan fingerprint density at radius 3 is 2.85 bits per heavy atom. The van der Waals surface area contributed by atoms with Gasteiger partial charge in [-0.3, -0.25) is 4.79 Å². The molecule has 0 bridgehead atoms. The molecule has 2 aliphatic heterocycles. The number of nitrogens with one attached hydrogen (secondary N) is 1. The van der Waals surface area contributed by atoms with Gasteiger partial charge in [0.2, 0.25) is 0 Å². The Morgan fingerprint density at radius 2 is 2.00 bits per heavy atom. The molecule has 6 nitrogen and oxygen atoms in total. The third-order valence-corrected chi connectivity index (χ3v) is 5.48. The van der Waals surface area contributed by atoms with E-state index in [0.717, 1.165) is 36.0 Å². The Balaban J connectivity index is 1.52. The van der Waals surface area contributed by atoms with E-state index in [1.807, 2.05) is 30.0 Å². The van der Waals surface area contributed by atoms with Crippen molar-refractivity contribution < 1.29 is 14.3 Å². The van der Waals surface area contributed by atoms with E-state index in [1.54, 1.807) is 24.4 Å². The van der Waals surface area contributed by atoms with Gasteiger partial charge in [-0.25, -0.2) is 9.78 Å². The topological polar surface area (TPSA) is 71.5 Å². The second kappa shape index (κ2) is 7.37. The van der Waals surface area contributed by atoms with Crippen LogP contribution in [-0.2, 0) is 16.0 Å². The fraction of sp³-hybridized carbons (Fsp3) is 0.316. The minimum Gasteiger partial charge on any atom is -0.448 e. The predicted octanol–water partition coefficient (Wildman–Crippen LogP) is 2.36. The zero-order valence-corrected chi connectivity index (χ0v) is 15.0. The highest BCUT2D eigenvalue weighted by Crippen LogP contribution is 2.27. The van der Waals surface area contributed by atoms with E-state index in [1.165, 1.54) is 0 Å². The number of anilines is 2. The lowest BCUT2D eigenvalue weighted by molar-refractivity contribution is -0.125. The van der Waals surface area contributed by atoms with Gasteiger partial charge in [-0.05, 0) is 23.8 Å². The fourth-order valence-electron chi connectivity index (χ4n) is 3.21. The van der Waals surface area contributed by atoms with E-state index in [-0.39, 0.29) is 5.91 Å². The molecule has 1 aromatic carbocycles. The van der Waals surface area contributed by atoms with Crippen LogP contribution >= 0.6 is 11.8 Å². The van der Waals surface area contributed by atoms with E-state index >= 15 is 0 Å². The van der Waals surface area contributed by atoms with Crippen LogP contribution in [0.3, 0.4) is 0 Å². The predicted molar refractivity (Wildman–Crippen MR) is 102 cm³/mol. The normalized spacial score (nSPS) is 19.5. The smallest absolute Gasteiger partial charge is 0.339 e. The number of aromatic nitrogens is 1. The number of benzene rings is 1. The summed E-state index contributed by atoms with van der Waals surface area (Å²) in [6.45, 7) is 1.80. The van der Waals surface area contributed by atoms with E-state index < -0.39 is 12.1 Å². The van der Waals surface area contributed by atoms with Crippen LogP contribution in [0.1, 0.15) is 15.9 Å². The molecule has 1 aromatic heterocycles. The number of amides is 1. The largest absolute Gasteiger partial charge is 0.448 e. The number of pyridine rings is 1. The molecule has 0 aliphatic carbocycles. The van der Waals surface area contributed by atoms with Gasteiger partial charge in [0, 0.05) is 37.2 Å². The van der Waals surface area contributed by atoms with Crippen LogP contribution in [0.25, 0.3) is 0 Å². The molecule has 26 heavy (non-hydrogen) atoms. The van der Waals surface area contributed by atoms with Crippen molar-refractivity contribution in [1.82, 2.24) is 4.98 Å². The molecule has 2 aliphatic rings. The highest BCUT2D eigenvalue weighted by atomic mass is 32.2. The molecular weight excluding hydrogens is 350 g/mol. The molecule has 1 fully saturated rings. The molecule has 0 saturated carbocycles. The van der Waals surface area contributed by atoms with E-state index in [2.05, 4.69) is 15.2 Å². The first-order valence-electron chi connectivity index (χ1n) is 8.60. The number of carbonyl (C=O) groups is 2. The van der Waals surface area contributed by atoms with Crippen LogP contribution < -0.4 is 10.2 Å². The van der Waals surface area contributed by atoms with Crippen molar-refractivity contribution >= 4 is 35.1 Å². The minimum absolute atomic E-state index is 0.325. The number of nitrogens with zero attached hydrogens (tertiary/aromatic N) is 2. The van der Waals surface area contributed by atoms with Crippen molar-refractivity contribution in [2.24, 2.45) is 0 Å². The summed E-state index contributed by atoms with van der Waals surface area (Å²) in [5.74, 6) is 2.07. The Hall–Kier alpha value is -2.54. The van der Waals surface area contributed by atoms with Gasteiger partial charge < -0.3 is 15.0 Å². The maximum absolute atomic E-state index is 12.7. The van der Waals surface area contributed by atoms with Crippen LogP contribution in [0.5, 0.6) is 0 Å². The number of thioether (sulfide) groups is 1. The minimum atomic E-state index is -0.831. The number of carbonyl (C=O) groups excluding carboxylic acids is 2. The van der Waals surface area contributed by atoms with Gasteiger partial charge in [0.05, 0.1) is 11.3 Å². The van der Waals surface area contributed by atoms with Crippen molar-refractivity contribution in [3.05, 3.63) is 53.7 Å². The summed E-state index contributed by atoms with van der Waals surface area (Å²) in [5.41, 5.74) is 2.02. The summed E-state index contributed by atoms with van der Waals surface area (Å²) in [6.07, 6.45) is 1.27. The molecule has 0 spiro atoms. The zero-order chi connectivity index (χ0) is 17.9. The zero-order valence-electron chi connectivity index (χ0n) is 14.2. The van der Waals surface area contributed by atoms with Gasteiger partial charge in [0.25, 0.3) is 5.91 Å². The van der Waals surface area contributed by atoms with Crippen molar-refractivity contribution in [1.29, 1.82) is 0 Å². The van der Waals surface area contributed by atoms with Crippen molar-refractivity contribution in [3.8, 4) is 0 Å². The summed E-state index contributed by atoms with van der Waals surface area (Å²) in [7, 11) is 0. The summed E-state index contributed by atoms with van der Waals surface area (Å²) in [4.78, 5) is 31.5. The maximum Gasteiger partial charge on any atom is 0.339 e. The molecule has 1 amide bonds. The van der Waals surface area contributed by atoms with Crippen molar-refractivity contribution in [2.45, 2.75) is 12.5 Å². The quantitative estimate of drug-likeness (QED) is 0.838. The second-order valence-corrected chi connectivity index (χ2v) is 7.44. The number of hydrogen-bond donors (Lipinski definition) is 1. The Kier molecular flexibility index (Phi) is 4.79. The molecule has 2 aromatic rings. The van der Waals surface area contributed by atoms with Gasteiger partial charge in [-0.2, -0.15) is 11.8 Å². The molecule has 4 rings (SSSR count). The molecule has 1 unspecified atom stereocenters. The molecule has 1 saturated heterocycles. The summed E-state index contributed by atoms with van der Waals surface area (Å²) < 4.78 is 5.34. The Bertz CT molecular complexity index is 836. The average molecular weight is 369 g/mol. The molecule has 0 radical (unpaired) electrons. The first kappa shape index (κ1) is 16.9. The number of hydrogen-bond acceptors (Lipinski definition) is 6. The average Bonchev–Trinajstić information content (AvgIpc) is 2.69. The molecule has 134 valence electrons. The molecule has 3 heterocycles. The fourth-order valence-corrected chi connectivity index (χ4v) is 4.12. The van der Waals surface area contributed by atoms with Crippen LogP contribution in [0, 0.1) is 0 Å². The van der Waals surface area contributed by atoms with Crippen molar-refractivity contribution in [2.75, 3.05) is 34.8 Å². The number of fused-ring (bicyclic) bond motifs is 1. The number of esters is 1. The maximum atomic E-state index is 12.7. The van der Waals surface area contributed by atoms with Gasteiger partial charge in [-0.15, -0.1) is 0 Å². The van der Waals surface area contributed by atoms with E-state index in [9.17, 15) is 9.59 Å². The second-order valence-electron chi connectivity index (χ2n) is 6.22. The van der Waals surface area contributed by atoms with E-state index in [4.69, 9.17) is 4.74 Å². The first-order chi connectivity index (χ1) is 12.7. The summed E-state index contributed by atoms with van der Waals surface area (Å²) >= 11 is 1.92. The number of rotatable bonds is 3. The third kappa shape index (κ3) is 3.39. The van der Waals surface area contributed by atoms with Crippen LogP contribution in [0.4, 0.5) is 11.5 Å². The lowest BCUT2D eigenvalue weighted by atomic mass is 9.98. The Morgan fingerprint density at radius 1 is 1.19 bits per heavy atom. The summed E-state index contributed by atoms with van der Waals surface area (Å²) in [5, 5.41) is 2.90. The van der Waals surface area contributed by atoms with Crippen LogP contribution in [0.2, 0.25) is 0 Å². The highest BCUT2D eigenvalue weighted by molar-refractivity contribution is 7.99. The Labute approximate surface area is 155 Å². The van der Waals surface area contributed by atoms with Gasteiger partial charge >= 0.3 is 5.97 Å². The van der Waals surface area contributed by atoms with Crippen LogP contribution in [-0.4, -0.2) is 47.6 Å². The summed E-state index contributed by atoms with van der Waals surface area (Å²) in [6, 6.07) is 10.9. The van der Waals surface area contributed by atoms with Crippen LogP contribution in [0.15, 0.2) is 42.6 Å². The lowest BCUT2D eigenvalue weighted by Crippen LogP contribution is -2.39.